The van der Waals surface area contributed by atoms with Crippen molar-refractivity contribution in [1.29, 1.82) is 0 Å². The largest absolute Gasteiger partial charge is 0.454 e. The van der Waals surface area contributed by atoms with Gasteiger partial charge in [-0.25, -0.2) is 4.98 Å². The Labute approximate surface area is 162 Å². The molecule has 0 spiro atoms. The molecule has 0 fully saturated rings. The fourth-order valence-electron chi connectivity index (χ4n) is 2.85. The fraction of sp³-hybridized carbons (Fsp3) is 0.238. The van der Waals surface area contributed by atoms with Crippen LogP contribution in [0.4, 0.5) is 5.69 Å². The molecule has 1 N–H and O–H groups in total. The van der Waals surface area contributed by atoms with Crippen molar-refractivity contribution in [2.24, 2.45) is 0 Å². The number of benzene rings is 2. The molecular weight excluding hydrogens is 358 g/mol. The average Bonchev–Trinajstić information content (AvgIpc) is 2.66. The first kappa shape index (κ1) is 19.3. The van der Waals surface area contributed by atoms with Crippen molar-refractivity contribution in [3.05, 3.63) is 69.8 Å². The predicted molar refractivity (Wildman–Crippen MR) is 106 cm³/mol. The van der Waals surface area contributed by atoms with Crippen LogP contribution in [-0.4, -0.2) is 28.0 Å². The minimum Gasteiger partial charge on any atom is -0.454 e. The Morgan fingerprint density at radius 2 is 1.79 bits per heavy atom. The Hall–Kier alpha value is -3.48. The second-order valence-electron chi connectivity index (χ2n) is 6.61. The zero-order valence-corrected chi connectivity index (χ0v) is 16.0. The van der Waals surface area contributed by atoms with E-state index >= 15 is 0 Å². The number of esters is 1. The molecule has 3 rings (SSSR count). The topological polar surface area (TPSA) is 90.3 Å². The third-order valence-corrected chi connectivity index (χ3v) is 4.60. The van der Waals surface area contributed by atoms with E-state index < -0.39 is 18.5 Å². The van der Waals surface area contributed by atoms with E-state index in [1.165, 1.54) is 10.9 Å². The Bertz CT molecular complexity index is 1120. The van der Waals surface area contributed by atoms with Gasteiger partial charge in [0.1, 0.15) is 6.54 Å². The molecule has 0 unspecified atom stereocenters. The van der Waals surface area contributed by atoms with Crippen molar-refractivity contribution in [2.45, 2.75) is 27.3 Å². The van der Waals surface area contributed by atoms with Gasteiger partial charge in [-0.15, -0.1) is 0 Å². The molecule has 0 radical (unpaired) electrons. The van der Waals surface area contributed by atoms with Gasteiger partial charge in [-0.3, -0.25) is 19.0 Å². The number of ether oxygens (including phenoxy) is 1. The molecule has 0 saturated carbocycles. The summed E-state index contributed by atoms with van der Waals surface area (Å²) in [7, 11) is 0. The first-order valence-corrected chi connectivity index (χ1v) is 8.83. The van der Waals surface area contributed by atoms with Gasteiger partial charge in [0.2, 0.25) is 0 Å². The number of hydrogen-bond donors (Lipinski definition) is 1. The molecule has 28 heavy (non-hydrogen) atoms. The van der Waals surface area contributed by atoms with E-state index in [4.69, 9.17) is 4.74 Å². The Balaban J connectivity index is 1.62. The van der Waals surface area contributed by atoms with Crippen molar-refractivity contribution >= 4 is 28.5 Å². The summed E-state index contributed by atoms with van der Waals surface area (Å²) in [6, 6.07) is 10.9. The van der Waals surface area contributed by atoms with E-state index in [0.29, 0.717) is 16.6 Å². The van der Waals surface area contributed by atoms with Gasteiger partial charge in [-0.1, -0.05) is 24.3 Å². The van der Waals surface area contributed by atoms with Crippen molar-refractivity contribution < 1.29 is 14.3 Å². The summed E-state index contributed by atoms with van der Waals surface area (Å²) in [5.41, 5.74) is 3.83. The molecule has 1 aromatic heterocycles. The fourth-order valence-corrected chi connectivity index (χ4v) is 2.85. The van der Waals surface area contributed by atoms with E-state index in [1.807, 2.05) is 39.0 Å². The molecule has 1 heterocycles. The number of amides is 1. The highest BCUT2D eigenvalue weighted by Gasteiger charge is 2.13. The molecule has 0 atom stereocenters. The van der Waals surface area contributed by atoms with Crippen molar-refractivity contribution in [3.63, 3.8) is 0 Å². The number of nitrogens with one attached hydrogen (secondary N) is 1. The second kappa shape index (κ2) is 8.04. The van der Waals surface area contributed by atoms with Crippen LogP contribution in [0.25, 0.3) is 10.9 Å². The van der Waals surface area contributed by atoms with E-state index in [1.54, 1.807) is 18.2 Å². The predicted octanol–water partition coefficient (Wildman–Crippen LogP) is 2.50. The highest BCUT2D eigenvalue weighted by atomic mass is 16.5. The van der Waals surface area contributed by atoms with Gasteiger partial charge < -0.3 is 10.1 Å². The highest BCUT2D eigenvalue weighted by molar-refractivity contribution is 5.93. The number of para-hydroxylation sites is 1. The number of hydrogen-bond acceptors (Lipinski definition) is 5. The highest BCUT2D eigenvalue weighted by Crippen LogP contribution is 2.17. The van der Waals surface area contributed by atoms with Gasteiger partial charge >= 0.3 is 5.97 Å². The summed E-state index contributed by atoms with van der Waals surface area (Å²) in [6.07, 6.45) is 1.31. The minimum atomic E-state index is -0.688. The Morgan fingerprint density at radius 1 is 1.07 bits per heavy atom. The molecule has 0 aliphatic heterocycles. The summed E-state index contributed by atoms with van der Waals surface area (Å²) in [6.45, 7) is 4.97. The van der Waals surface area contributed by atoms with Crippen molar-refractivity contribution in [1.82, 2.24) is 9.55 Å². The summed E-state index contributed by atoms with van der Waals surface area (Å²) in [5, 5.41) is 3.15. The standard InChI is InChI=1S/C21H21N3O4/c1-13-6-5-9-17(15(13)3)23-18(25)11-28-19(26)10-24-12-22-20-14(2)7-4-8-16(20)21(24)27/h4-9,12H,10-11H2,1-3H3,(H,23,25). The van der Waals surface area contributed by atoms with Gasteiger partial charge in [-0.05, 0) is 49.6 Å². The summed E-state index contributed by atoms with van der Waals surface area (Å²) in [5.74, 6) is -1.13. The SMILES string of the molecule is Cc1cccc(NC(=O)COC(=O)Cn2cnc3c(C)cccc3c2=O)c1C. The van der Waals surface area contributed by atoms with Crippen LogP contribution in [-0.2, 0) is 20.9 Å². The average molecular weight is 379 g/mol. The molecule has 7 heteroatoms. The van der Waals surface area contributed by atoms with Crippen LogP contribution in [0.2, 0.25) is 0 Å². The molecule has 0 aliphatic rings. The number of fused-ring (bicyclic) bond motifs is 1. The zero-order valence-electron chi connectivity index (χ0n) is 16.0. The van der Waals surface area contributed by atoms with Gasteiger partial charge in [0.25, 0.3) is 11.5 Å². The number of rotatable bonds is 5. The molecule has 0 bridgehead atoms. The van der Waals surface area contributed by atoms with Gasteiger partial charge in [0, 0.05) is 5.69 Å². The van der Waals surface area contributed by atoms with E-state index in [9.17, 15) is 14.4 Å². The van der Waals surface area contributed by atoms with E-state index in [0.717, 1.165) is 16.7 Å². The number of aryl methyl sites for hydroxylation is 2. The van der Waals surface area contributed by atoms with E-state index in [2.05, 4.69) is 10.3 Å². The zero-order chi connectivity index (χ0) is 20.3. The third-order valence-electron chi connectivity index (χ3n) is 4.60. The van der Waals surface area contributed by atoms with Crippen LogP contribution < -0.4 is 10.9 Å². The van der Waals surface area contributed by atoms with E-state index in [-0.39, 0.29) is 12.1 Å². The number of anilines is 1. The Morgan fingerprint density at radius 3 is 2.57 bits per heavy atom. The lowest BCUT2D eigenvalue weighted by Crippen LogP contribution is -2.28. The molecule has 144 valence electrons. The molecule has 2 aromatic carbocycles. The molecule has 0 aliphatic carbocycles. The monoisotopic (exact) mass is 379 g/mol. The van der Waals surface area contributed by atoms with Crippen LogP contribution in [0.1, 0.15) is 16.7 Å². The first-order chi connectivity index (χ1) is 13.4. The maximum Gasteiger partial charge on any atom is 0.326 e. The lowest BCUT2D eigenvalue weighted by Gasteiger charge is -2.11. The lowest BCUT2D eigenvalue weighted by molar-refractivity contribution is -0.147. The number of carbonyl (C=O) groups is 2. The number of nitrogens with zero attached hydrogens (tertiary/aromatic N) is 2. The normalized spacial score (nSPS) is 10.7. The van der Waals surface area contributed by atoms with Gasteiger partial charge in [0.05, 0.1) is 17.2 Å². The molecule has 7 nitrogen and oxygen atoms in total. The quantitative estimate of drug-likeness (QED) is 0.688. The number of carbonyl (C=O) groups excluding carboxylic acids is 2. The summed E-state index contributed by atoms with van der Waals surface area (Å²) >= 11 is 0. The van der Waals surface area contributed by atoms with Crippen LogP contribution in [0.15, 0.2) is 47.5 Å². The van der Waals surface area contributed by atoms with Crippen molar-refractivity contribution in [3.8, 4) is 0 Å². The summed E-state index contributed by atoms with van der Waals surface area (Å²) < 4.78 is 6.18. The van der Waals surface area contributed by atoms with Crippen molar-refractivity contribution in [2.75, 3.05) is 11.9 Å². The molecule has 3 aromatic rings. The van der Waals surface area contributed by atoms with Crippen LogP contribution in [0, 0.1) is 20.8 Å². The third kappa shape index (κ3) is 4.09. The molecular formula is C21H21N3O4. The van der Waals surface area contributed by atoms with Gasteiger partial charge in [0.15, 0.2) is 6.61 Å². The second-order valence-corrected chi connectivity index (χ2v) is 6.61. The Kier molecular flexibility index (Phi) is 5.54. The molecule has 0 saturated heterocycles. The number of aromatic nitrogens is 2. The smallest absolute Gasteiger partial charge is 0.326 e. The first-order valence-electron chi connectivity index (χ1n) is 8.83. The van der Waals surface area contributed by atoms with Gasteiger partial charge in [-0.2, -0.15) is 0 Å². The van der Waals surface area contributed by atoms with Crippen LogP contribution >= 0.6 is 0 Å². The molecule has 1 amide bonds. The summed E-state index contributed by atoms with van der Waals surface area (Å²) in [4.78, 5) is 40.8. The maximum atomic E-state index is 12.5. The maximum absolute atomic E-state index is 12.5. The van der Waals surface area contributed by atoms with Crippen LogP contribution in [0.3, 0.4) is 0 Å². The minimum absolute atomic E-state index is 0.313. The lowest BCUT2D eigenvalue weighted by atomic mass is 10.1. The van der Waals surface area contributed by atoms with Crippen LogP contribution in [0.5, 0.6) is 0 Å².